The van der Waals surface area contributed by atoms with Gasteiger partial charge < -0.3 is 9.47 Å². The molecular weight excluding hydrogens is 575 g/mol. The van der Waals surface area contributed by atoms with Crippen LogP contribution in [0.1, 0.15) is 34.9 Å². The summed E-state index contributed by atoms with van der Waals surface area (Å²) in [6.07, 6.45) is 0.119. The minimum atomic E-state index is -1.03. The first kappa shape index (κ1) is 28.1. The average Bonchev–Trinajstić information content (AvgIpc) is 3.36. The van der Waals surface area contributed by atoms with E-state index >= 15 is 0 Å². The number of hydrogen-bond donors (Lipinski definition) is 1. The third kappa shape index (κ3) is 5.44. The third-order valence-corrected chi connectivity index (χ3v) is 7.87. The number of rotatable bonds is 9. The molecule has 1 aromatic heterocycles. The molecule has 207 valence electrons. The molecule has 1 N–H and O–H groups in total. The fourth-order valence-electron chi connectivity index (χ4n) is 5.08. The minimum absolute atomic E-state index is 0.0972. The summed E-state index contributed by atoms with van der Waals surface area (Å²) in [4.78, 5) is 16.0. The number of aliphatic hydroxyl groups is 1. The molecule has 2 heterocycles. The van der Waals surface area contributed by atoms with E-state index in [4.69, 9.17) is 18.9 Å². The SMILES string of the molecule is COc1ccc(C(OC[C@H]2O[C@@H](n3cc(C)c(=O)nc3[Se])C[C@H]2O)(c2ccccc2)c2ccc(OC)cc2)cc1. The van der Waals surface area contributed by atoms with Crippen LogP contribution in [0, 0.1) is 6.92 Å². The van der Waals surface area contributed by atoms with Gasteiger partial charge in [-0.1, -0.05) is 0 Å². The third-order valence-electron chi connectivity index (χ3n) is 7.24. The number of ether oxygens (including phenoxy) is 4. The number of aryl methyl sites for hydroxylation is 1. The van der Waals surface area contributed by atoms with Crippen LogP contribution in [0.15, 0.2) is 89.9 Å². The van der Waals surface area contributed by atoms with Gasteiger partial charge in [0.1, 0.15) is 0 Å². The summed E-state index contributed by atoms with van der Waals surface area (Å²) in [5.74, 6) is 1.46. The van der Waals surface area contributed by atoms with Crippen molar-refractivity contribution >= 4 is 20.7 Å². The van der Waals surface area contributed by atoms with Crippen LogP contribution in [0.25, 0.3) is 0 Å². The summed E-state index contributed by atoms with van der Waals surface area (Å²) in [6.45, 7) is 1.80. The van der Waals surface area contributed by atoms with Crippen molar-refractivity contribution in [2.45, 2.75) is 37.4 Å². The van der Waals surface area contributed by atoms with Crippen molar-refractivity contribution in [1.29, 1.82) is 0 Å². The Kier molecular flexibility index (Phi) is 8.40. The van der Waals surface area contributed by atoms with Gasteiger partial charge in [-0.25, -0.2) is 0 Å². The summed E-state index contributed by atoms with van der Waals surface area (Å²) in [6, 6.07) is 25.5. The van der Waals surface area contributed by atoms with Crippen molar-refractivity contribution in [3.05, 3.63) is 118 Å². The molecule has 0 bridgehead atoms. The molecule has 9 heteroatoms. The Balaban J connectivity index is 1.53. The Morgan fingerprint density at radius 2 is 1.50 bits per heavy atom. The van der Waals surface area contributed by atoms with Crippen molar-refractivity contribution in [3.8, 4) is 11.5 Å². The molecule has 3 aromatic carbocycles. The van der Waals surface area contributed by atoms with Gasteiger partial charge in [-0.2, -0.15) is 0 Å². The van der Waals surface area contributed by atoms with E-state index in [0.717, 1.165) is 28.2 Å². The van der Waals surface area contributed by atoms with Crippen molar-refractivity contribution in [1.82, 2.24) is 9.55 Å². The monoisotopic (exact) mass is 607 g/mol. The maximum atomic E-state index is 12.0. The molecule has 5 rings (SSSR count). The van der Waals surface area contributed by atoms with Gasteiger partial charge in [-0.05, 0) is 0 Å². The number of benzene rings is 3. The molecule has 40 heavy (non-hydrogen) atoms. The number of hydrogen-bond acceptors (Lipinski definition) is 7. The summed E-state index contributed by atoms with van der Waals surface area (Å²) < 4.78 is 26.2. The van der Waals surface area contributed by atoms with E-state index in [2.05, 4.69) is 21.0 Å². The molecule has 0 saturated carbocycles. The van der Waals surface area contributed by atoms with Crippen LogP contribution in [0.4, 0.5) is 0 Å². The van der Waals surface area contributed by atoms with Crippen LogP contribution in [-0.4, -0.2) is 63.7 Å². The Bertz CT molecular complexity index is 1440. The van der Waals surface area contributed by atoms with Gasteiger partial charge in [-0.3, -0.25) is 0 Å². The Labute approximate surface area is 241 Å². The topological polar surface area (TPSA) is 92.0 Å². The average molecular weight is 607 g/mol. The maximum absolute atomic E-state index is 12.0. The van der Waals surface area contributed by atoms with Gasteiger partial charge in [0.05, 0.1) is 14.2 Å². The van der Waals surface area contributed by atoms with Crippen LogP contribution >= 0.6 is 0 Å². The molecule has 0 unspecified atom stereocenters. The molecule has 1 aliphatic rings. The Morgan fingerprint density at radius 3 is 2.05 bits per heavy atom. The zero-order chi connectivity index (χ0) is 28.3. The zero-order valence-electron chi connectivity index (χ0n) is 22.5. The fraction of sp³-hybridized carbons (Fsp3) is 0.290. The normalized spacial score (nSPS) is 18.9. The molecule has 4 aromatic rings. The van der Waals surface area contributed by atoms with Crippen molar-refractivity contribution < 1.29 is 24.1 Å². The number of aliphatic hydroxyl groups excluding tert-OH is 1. The predicted octanol–water partition coefficient (Wildman–Crippen LogP) is 3.02. The number of aromatic nitrogens is 2. The van der Waals surface area contributed by atoms with Crippen LogP contribution in [0.3, 0.4) is 0 Å². The quantitative estimate of drug-likeness (QED) is 0.232. The van der Waals surface area contributed by atoms with Gasteiger partial charge in [0.2, 0.25) is 0 Å². The molecule has 1 radical (unpaired) electrons. The van der Waals surface area contributed by atoms with E-state index in [1.165, 1.54) is 0 Å². The van der Waals surface area contributed by atoms with E-state index in [0.29, 0.717) is 16.7 Å². The molecular formula is C31H31N2O6Se. The second-order valence-corrected chi connectivity index (χ2v) is 10.4. The van der Waals surface area contributed by atoms with E-state index in [1.807, 2.05) is 78.9 Å². The van der Waals surface area contributed by atoms with E-state index in [-0.39, 0.29) is 12.2 Å². The first-order valence-electron chi connectivity index (χ1n) is 12.9. The second kappa shape index (κ2) is 12.0. The van der Waals surface area contributed by atoms with Crippen LogP contribution in [0.5, 0.6) is 11.5 Å². The molecule has 1 fully saturated rings. The fourth-order valence-corrected chi connectivity index (χ4v) is 5.61. The molecule has 0 spiro atoms. The van der Waals surface area contributed by atoms with Gasteiger partial charge in [0.15, 0.2) is 0 Å². The second-order valence-electron chi connectivity index (χ2n) is 9.67. The predicted molar refractivity (Wildman–Crippen MR) is 151 cm³/mol. The molecule has 8 nitrogen and oxygen atoms in total. The molecule has 3 atom stereocenters. The summed E-state index contributed by atoms with van der Waals surface area (Å²) in [5.41, 5.74) is 1.87. The van der Waals surface area contributed by atoms with Crippen molar-refractivity contribution in [3.63, 3.8) is 0 Å². The van der Waals surface area contributed by atoms with Gasteiger partial charge in [0.25, 0.3) is 0 Å². The van der Waals surface area contributed by atoms with E-state index < -0.39 is 24.0 Å². The Hall–Kier alpha value is -3.46. The zero-order valence-corrected chi connectivity index (χ0v) is 24.2. The van der Waals surface area contributed by atoms with Crippen LogP contribution in [-0.2, 0) is 15.1 Å². The Morgan fingerprint density at radius 1 is 0.950 bits per heavy atom. The van der Waals surface area contributed by atoms with Gasteiger partial charge in [0, 0.05) is 0 Å². The molecule has 0 amide bonds. The summed E-state index contributed by atoms with van der Waals surface area (Å²) in [7, 11) is 3.27. The molecule has 1 saturated heterocycles. The molecule has 1 aliphatic heterocycles. The van der Waals surface area contributed by atoms with Crippen LogP contribution < -0.4 is 19.8 Å². The van der Waals surface area contributed by atoms with Crippen LogP contribution in [0.2, 0.25) is 0 Å². The summed E-state index contributed by atoms with van der Waals surface area (Å²) >= 11 is 2.82. The number of methoxy groups -OCH3 is 2. The number of nitrogens with zero attached hydrogens (tertiary/aromatic N) is 2. The van der Waals surface area contributed by atoms with Gasteiger partial charge >= 0.3 is 218 Å². The van der Waals surface area contributed by atoms with E-state index in [1.54, 1.807) is 31.9 Å². The summed E-state index contributed by atoms with van der Waals surface area (Å²) in [5, 5.41) is 11.0. The van der Waals surface area contributed by atoms with E-state index in [9.17, 15) is 9.90 Å². The first-order chi connectivity index (χ1) is 19.3. The molecule has 0 aliphatic carbocycles. The van der Waals surface area contributed by atoms with Crippen molar-refractivity contribution in [2.24, 2.45) is 0 Å². The van der Waals surface area contributed by atoms with Crippen molar-refractivity contribution in [2.75, 3.05) is 20.8 Å². The first-order valence-corrected chi connectivity index (χ1v) is 13.8. The van der Waals surface area contributed by atoms with Gasteiger partial charge in [-0.15, -0.1) is 0 Å². The standard InChI is InChI=1S/C31H31N2O6Se/c1-20-18-33(30(40)32-29(20)35)28-17-26(34)27(39-28)19-38-31(21-7-5-4-6-8-21,22-9-13-24(36-2)14-10-22)23-11-15-25(37-3)16-12-23/h4-16,18,26-28,34H,17,19H2,1-3H3/t26-,27-,28-/m1/s1.